The highest BCUT2D eigenvalue weighted by molar-refractivity contribution is 6.15. The minimum Gasteiger partial charge on any atom is -0.508 e. The first-order valence-electron chi connectivity index (χ1n) is 4.73. The number of urea groups is 2. The molecule has 0 aliphatic carbocycles. The molecule has 88 valence electrons. The van der Waals surface area contributed by atoms with Crippen molar-refractivity contribution in [2.75, 3.05) is 0 Å². The van der Waals surface area contributed by atoms with Crippen LogP contribution in [0.2, 0.25) is 0 Å². The number of benzene rings is 1. The molecule has 1 fully saturated rings. The second-order valence-electron chi connectivity index (χ2n) is 3.49. The number of nitrogens with one attached hydrogen (secondary N) is 1. The lowest BCUT2D eigenvalue weighted by Gasteiger charge is -2.08. The molecule has 7 heteroatoms. The van der Waals surface area contributed by atoms with Crippen molar-refractivity contribution in [2.45, 2.75) is 6.04 Å². The van der Waals surface area contributed by atoms with Gasteiger partial charge in [0.2, 0.25) is 0 Å². The summed E-state index contributed by atoms with van der Waals surface area (Å²) in [5.41, 5.74) is 5.37. The average Bonchev–Trinajstić information content (AvgIpc) is 2.55. The fraction of sp³-hybridized carbons (Fsp3) is 0.100. The third kappa shape index (κ3) is 1.78. The van der Waals surface area contributed by atoms with Gasteiger partial charge in [-0.15, -0.1) is 0 Å². The second-order valence-corrected chi connectivity index (χ2v) is 3.49. The Hall–Kier alpha value is -2.57. The van der Waals surface area contributed by atoms with Crippen molar-refractivity contribution < 1.29 is 19.5 Å². The number of rotatable bonds is 1. The van der Waals surface area contributed by atoms with E-state index >= 15 is 0 Å². The van der Waals surface area contributed by atoms with Gasteiger partial charge in [0.1, 0.15) is 11.8 Å². The highest BCUT2D eigenvalue weighted by Gasteiger charge is 2.41. The number of amides is 5. The molecule has 7 nitrogen and oxygen atoms in total. The summed E-state index contributed by atoms with van der Waals surface area (Å²) >= 11 is 0. The molecule has 1 saturated heterocycles. The Morgan fingerprint density at radius 3 is 2.35 bits per heavy atom. The summed E-state index contributed by atoms with van der Waals surface area (Å²) in [6, 6.07) is 2.79. The van der Waals surface area contributed by atoms with Crippen molar-refractivity contribution in [2.24, 2.45) is 5.73 Å². The quantitative estimate of drug-likeness (QED) is 0.597. The molecule has 0 bridgehead atoms. The molecule has 17 heavy (non-hydrogen) atoms. The van der Waals surface area contributed by atoms with E-state index < -0.39 is 24.0 Å². The average molecular weight is 235 g/mol. The van der Waals surface area contributed by atoms with Gasteiger partial charge in [-0.25, -0.2) is 9.59 Å². The first-order valence-corrected chi connectivity index (χ1v) is 4.73. The van der Waals surface area contributed by atoms with Crippen LogP contribution in [0.1, 0.15) is 11.6 Å². The Morgan fingerprint density at radius 2 is 1.88 bits per heavy atom. The van der Waals surface area contributed by atoms with E-state index in [1.165, 1.54) is 24.3 Å². The minimum atomic E-state index is -1.12. The van der Waals surface area contributed by atoms with Crippen LogP contribution in [0.3, 0.4) is 0 Å². The Balaban J connectivity index is 2.31. The molecule has 1 aliphatic rings. The standard InChI is InChI=1S/C10H9N3O4/c11-9(16)13-8(15)7(12-10(13)17)5-1-3-6(14)4-2-5/h1-4,7,14H,(H2,11,16)(H,12,17)/t7-/m0/s1. The topological polar surface area (TPSA) is 113 Å². The number of carbonyl (C=O) groups excluding carboxylic acids is 3. The van der Waals surface area contributed by atoms with E-state index in [9.17, 15) is 14.4 Å². The van der Waals surface area contributed by atoms with Gasteiger partial charge in [0.15, 0.2) is 0 Å². The first-order chi connectivity index (χ1) is 8.00. The highest BCUT2D eigenvalue weighted by atomic mass is 16.3. The van der Waals surface area contributed by atoms with E-state index in [1.807, 2.05) is 0 Å². The predicted octanol–water partition coefficient (Wildman–Crippen LogP) is 0.0638. The van der Waals surface area contributed by atoms with Crippen LogP contribution in [-0.4, -0.2) is 28.0 Å². The number of nitrogens with zero attached hydrogens (tertiary/aromatic N) is 1. The number of hydrogen-bond acceptors (Lipinski definition) is 4. The summed E-state index contributed by atoms with van der Waals surface area (Å²) in [4.78, 5) is 34.3. The van der Waals surface area contributed by atoms with Gasteiger partial charge in [0.25, 0.3) is 5.91 Å². The lowest BCUT2D eigenvalue weighted by Crippen LogP contribution is -2.40. The number of nitrogens with two attached hydrogens (primary N) is 1. The van der Waals surface area contributed by atoms with E-state index in [2.05, 4.69) is 5.32 Å². The van der Waals surface area contributed by atoms with E-state index in [0.717, 1.165) is 0 Å². The fourth-order valence-electron chi connectivity index (χ4n) is 1.58. The molecule has 1 aromatic rings. The lowest BCUT2D eigenvalue weighted by atomic mass is 10.1. The predicted molar refractivity (Wildman–Crippen MR) is 55.8 cm³/mol. The molecule has 5 amide bonds. The van der Waals surface area contributed by atoms with Crippen LogP contribution in [0.5, 0.6) is 5.75 Å². The maximum atomic E-state index is 11.7. The Labute approximate surface area is 95.8 Å². The molecular weight excluding hydrogens is 226 g/mol. The van der Waals surface area contributed by atoms with Crippen LogP contribution in [0, 0.1) is 0 Å². The summed E-state index contributed by atoms with van der Waals surface area (Å²) in [5, 5.41) is 11.4. The van der Waals surface area contributed by atoms with Crippen LogP contribution < -0.4 is 11.1 Å². The van der Waals surface area contributed by atoms with Crippen molar-refractivity contribution in [1.82, 2.24) is 10.2 Å². The number of imide groups is 3. The molecule has 0 aromatic heterocycles. The van der Waals surface area contributed by atoms with Crippen molar-refractivity contribution >= 4 is 18.0 Å². The van der Waals surface area contributed by atoms with Gasteiger partial charge in [0, 0.05) is 0 Å². The third-order valence-corrected chi connectivity index (χ3v) is 2.39. The zero-order valence-corrected chi connectivity index (χ0v) is 8.58. The van der Waals surface area contributed by atoms with Crippen LogP contribution in [0.15, 0.2) is 24.3 Å². The molecule has 1 aromatic carbocycles. The number of hydrogen-bond donors (Lipinski definition) is 3. The van der Waals surface area contributed by atoms with Crippen LogP contribution in [0.25, 0.3) is 0 Å². The number of phenols is 1. The maximum Gasteiger partial charge on any atom is 0.333 e. The van der Waals surface area contributed by atoms with Gasteiger partial charge in [-0.05, 0) is 17.7 Å². The van der Waals surface area contributed by atoms with E-state index in [0.29, 0.717) is 10.5 Å². The molecule has 0 spiro atoms. The molecule has 2 rings (SSSR count). The maximum absolute atomic E-state index is 11.7. The van der Waals surface area contributed by atoms with Gasteiger partial charge in [-0.1, -0.05) is 12.1 Å². The monoisotopic (exact) mass is 235 g/mol. The molecule has 0 radical (unpaired) electrons. The number of phenolic OH excluding ortho intramolecular Hbond substituents is 1. The normalized spacial score (nSPS) is 19.3. The molecule has 0 unspecified atom stereocenters. The number of aromatic hydroxyl groups is 1. The summed E-state index contributed by atoms with van der Waals surface area (Å²) in [6.07, 6.45) is 0. The summed E-state index contributed by atoms with van der Waals surface area (Å²) in [6.45, 7) is 0. The Morgan fingerprint density at radius 1 is 1.29 bits per heavy atom. The van der Waals surface area contributed by atoms with Gasteiger partial charge >= 0.3 is 12.1 Å². The summed E-state index contributed by atoms with van der Waals surface area (Å²) in [5.74, 6) is -0.689. The molecule has 1 aliphatic heterocycles. The SMILES string of the molecule is NC(=O)N1C(=O)N[C@@H](c2ccc(O)cc2)C1=O. The molecule has 1 atom stereocenters. The third-order valence-electron chi connectivity index (χ3n) is 2.39. The fourth-order valence-corrected chi connectivity index (χ4v) is 1.58. The molecule has 0 saturated carbocycles. The summed E-state index contributed by atoms with van der Waals surface area (Å²) in [7, 11) is 0. The van der Waals surface area contributed by atoms with Gasteiger partial charge < -0.3 is 16.2 Å². The van der Waals surface area contributed by atoms with Gasteiger partial charge in [-0.3, -0.25) is 4.79 Å². The lowest BCUT2D eigenvalue weighted by molar-refractivity contribution is -0.125. The molecule has 4 N–H and O–H groups in total. The van der Waals surface area contributed by atoms with Gasteiger partial charge in [-0.2, -0.15) is 4.90 Å². The number of carbonyl (C=O) groups is 3. The first kappa shape index (κ1) is 10.9. The Bertz CT molecular complexity index is 497. The molecular formula is C10H9N3O4. The van der Waals surface area contributed by atoms with E-state index in [1.54, 1.807) is 0 Å². The van der Waals surface area contributed by atoms with Crippen molar-refractivity contribution in [3.8, 4) is 5.75 Å². The van der Waals surface area contributed by atoms with E-state index in [4.69, 9.17) is 10.8 Å². The second kappa shape index (κ2) is 3.78. The Kier molecular flexibility index (Phi) is 2.43. The molecule has 1 heterocycles. The van der Waals surface area contributed by atoms with Crippen molar-refractivity contribution in [3.05, 3.63) is 29.8 Å². The van der Waals surface area contributed by atoms with Crippen LogP contribution in [-0.2, 0) is 4.79 Å². The minimum absolute atomic E-state index is 0.0391. The van der Waals surface area contributed by atoms with E-state index in [-0.39, 0.29) is 5.75 Å². The zero-order valence-electron chi connectivity index (χ0n) is 8.58. The van der Waals surface area contributed by atoms with Crippen molar-refractivity contribution in [1.29, 1.82) is 0 Å². The van der Waals surface area contributed by atoms with Crippen molar-refractivity contribution in [3.63, 3.8) is 0 Å². The van der Waals surface area contributed by atoms with Crippen LogP contribution >= 0.6 is 0 Å². The largest absolute Gasteiger partial charge is 0.508 e. The smallest absolute Gasteiger partial charge is 0.333 e. The van der Waals surface area contributed by atoms with Crippen LogP contribution in [0.4, 0.5) is 9.59 Å². The van der Waals surface area contributed by atoms with Gasteiger partial charge in [0.05, 0.1) is 0 Å². The zero-order chi connectivity index (χ0) is 12.6. The summed E-state index contributed by atoms with van der Waals surface area (Å²) < 4.78 is 0. The number of primary amides is 1. The highest BCUT2D eigenvalue weighted by Crippen LogP contribution is 2.23.